The van der Waals surface area contributed by atoms with Crippen LogP contribution in [0.15, 0.2) is 12.3 Å². The normalized spacial score (nSPS) is 17.8. The van der Waals surface area contributed by atoms with Gasteiger partial charge in [0.15, 0.2) is 0 Å². The SMILES string of the molecule is CC1(C)COCCN1c1ncc(C(=O)O)cc1[N+](=O)[O-]. The summed E-state index contributed by atoms with van der Waals surface area (Å²) < 4.78 is 5.37. The van der Waals surface area contributed by atoms with Crippen LogP contribution in [-0.4, -0.2) is 46.3 Å². The van der Waals surface area contributed by atoms with Gasteiger partial charge in [0.2, 0.25) is 5.82 Å². The zero-order valence-corrected chi connectivity index (χ0v) is 11.2. The average molecular weight is 281 g/mol. The van der Waals surface area contributed by atoms with E-state index in [0.29, 0.717) is 19.8 Å². The van der Waals surface area contributed by atoms with Gasteiger partial charge in [0.05, 0.1) is 29.2 Å². The third-order valence-electron chi connectivity index (χ3n) is 3.19. The molecular weight excluding hydrogens is 266 g/mol. The number of carbonyl (C=O) groups is 1. The Morgan fingerprint density at radius 1 is 1.60 bits per heavy atom. The van der Waals surface area contributed by atoms with E-state index in [4.69, 9.17) is 9.84 Å². The number of ether oxygens (including phenoxy) is 1. The zero-order valence-electron chi connectivity index (χ0n) is 11.2. The summed E-state index contributed by atoms with van der Waals surface area (Å²) in [5.41, 5.74) is -0.952. The van der Waals surface area contributed by atoms with Crippen LogP contribution in [0.4, 0.5) is 11.5 Å². The van der Waals surface area contributed by atoms with Gasteiger partial charge in [-0.3, -0.25) is 10.1 Å². The smallest absolute Gasteiger partial charge is 0.337 e. The molecule has 8 heteroatoms. The molecule has 2 rings (SSSR count). The van der Waals surface area contributed by atoms with Crippen molar-refractivity contribution >= 4 is 17.5 Å². The highest BCUT2D eigenvalue weighted by Crippen LogP contribution is 2.33. The third kappa shape index (κ3) is 2.55. The molecule has 1 aliphatic rings. The van der Waals surface area contributed by atoms with Gasteiger partial charge in [-0.2, -0.15) is 0 Å². The van der Waals surface area contributed by atoms with Crippen molar-refractivity contribution < 1.29 is 19.6 Å². The standard InChI is InChI=1S/C12H15N3O5/c1-12(2)7-20-4-3-14(12)10-9(15(18)19)5-8(6-13-10)11(16)17/h5-6H,3-4,7H2,1-2H3,(H,16,17). The largest absolute Gasteiger partial charge is 0.478 e. The summed E-state index contributed by atoms with van der Waals surface area (Å²) in [7, 11) is 0. The molecule has 108 valence electrons. The van der Waals surface area contributed by atoms with Crippen molar-refractivity contribution in [1.29, 1.82) is 0 Å². The highest BCUT2D eigenvalue weighted by Gasteiger charge is 2.35. The van der Waals surface area contributed by atoms with Crippen LogP contribution in [0, 0.1) is 10.1 Å². The Hall–Kier alpha value is -2.22. The van der Waals surface area contributed by atoms with Crippen molar-refractivity contribution in [3.8, 4) is 0 Å². The Morgan fingerprint density at radius 3 is 2.85 bits per heavy atom. The first-order chi connectivity index (χ1) is 9.33. The number of carboxylic acid groups (broad SMARTS) is 1. The summed E-state index contributed by atoms with van der Waals surface area (Å²) in [5.74, 6) is -1.07. The number of carboxylic acids is 1. The third-order valence-corrected chi connectivity index (χ3v) is 3.19. The van der Waals surface area contributed by atoms with E-state index in [-0.39, 0.29) is 17.1 Å². The molecule has 0 spiro atoms. The van der Waals surface area contributed by atoms with Gasteiger partial charge in [0.1, 0.15) is 0 Å². The monoisotopic (exact) mass is 281 g/mol. The van der Waals surface area contributed by atoms with Crippen molar-refractivity contribution in [2.45, 2.75) is 19.4 Å². The molecule has 20 heavy (non-hydrogen) atoms. The van der Waals surface area contributed by atoms with E-state index < -0.39 is 16.4 Å². The fourth-order valence-corrected chi connectivity index (χ4v) is 2.16. The maximum Gasteiger partial charge on any atom is 0.337 e. The first-order valence-corrected chi connectivity index (χ1v) is 6.06. The lowest BCUT2D eigenvalue weighted by Crippen LogP contribution is -2.53. The second kappa shape index (κ2) is 5.04. The molecule has 0 aliphatic carbocycles. The minimum absolute atomic E-state index is 0.174. The van der Waals surface area contributed by atoms with E-state index in [1.807, 2.05) is 13.8 Å². The average Bonchev–Trinajstić information content (AvgIpc) is 2.37. The van der Waals surface area contributed by atoms with Gasteiger partial charge in [-0.05, 0) is 13.8 Å². The topological polar surface area (TPSA) is 106 Å². The van der Waals surface area contributed by atoms with E-state index in [0.717, 1.165) is 12.3 Å². The fourth-order valence-electron chi connectivity index (χ4n) is 2.16. The minimum atomic E-state index is -1.24. The lowest BCUT2D eigenvalue weighted by molar-refractivity contribution is -0.384. The Labute approximate surface area is 115 Å². The number of aromatic carboxylic acids is 1. The van der Waals surface area contributed by atoms with Crippen molar-refractivity contribution in [1.82, 2.24) is 4.98 Å². The van der Waals surface area contributed by atoms with Crippen molar-refractivity contribution in [2.24, 2.45) is 0 Å². The lowest BCUT2D eigenvalue weighted by Gasteiger charge is -2.42. The van der Waals surface area contributed by atoms with Crippen molar-refractivity contribution in [3.63, 3.8) is 0 Å². The summed E-state index contributed by atoms with van der Waals surface area (Å²) in [6.07, 6.45) is 1.14. The van der Waals surface area contributed by atoms with Gasteiger partial charge in [-0.15, -0.1) is 0 Å². The Bertz CT molecular complexity index is 558. The number of pyridine rings is 1. The molecule has 1 N–H and O–H groups in total. The molecule has 0 amide bonds. The van der Waals surface area contributed by atoms with Crippen LogP contribution in [0.25, 0.3) is 0 Å². The van der Waals surface area contributed by atoms with Gasteiger partial charge < -0.3 is 14.7 Å². The predicted molar refractivity (Wildman–Crippen MR) is 70.1 cm³/mol. The van der Waals surface area contributed by atoms with E-state index in [1.165, 1.54) is 0 Å². The van der Waals surface area contributed by atoms with Crippen molar-refractivity contribution in [3.05, 3.63) is 27.9 Å². The number of aromatic nitrogens is 1. The number of anilines is 1. The van der Waals surface area contributed by atoms with Crippen LogP contribution in [0.2, 0.25) is 0 Å². The quantitative estimate of drug-likeness (QED) is 0.657. The molecule has 8 nitrogen and oxygen atoms in total. The van der Waals surface area contributed by atoms with Crippen LogP contribution in [0.1, 0.15) is 24.2 Å². The summed E-state index contributed by atoms with van der Waals surface area (Å²) in [6.45, 7) is 5.12. The van der Waals surface area contributed by atoms with Gasteiger partial charge in [0.25, 0.3) is 0 Å². The molecule has 2 heterocycles. The maximum atomic E-state index is 11.2. The van der Waals surface area contributed by atoms with E-state index in [9.17, 15) is 14.9 Å². The molecule has 1 aromatic heterocycles. The Kier molecular flexibility index (Phi) is 3.58. The number of hydrogen-bond donors (Lipinski definition) is 1. The van der Waals surface area contributed by atoms with Crippen molar-refractivity contribution in [2.75, 3.05) is 24.7 Å². The lowest BCUT2D eigenvalue weighted by atomic mass is 10.0. The van der Waals surface area contributed by atoms with E-state index >= 15 is 0 Å². The molecule has 0 bridgehead atoms. The summed E-state index contributed by atoms with van der Waals surface area (Å²) in [5, 5.41) is 20.1. The van der Waals surface area contributed by atoms with Crippen LogP contribution in [0.3, 0.4) is 0 Å². The number of hydrogen-bond acceptors (Lipinski definition) is 6. The number of morpholine rings is 1. The first-order valence-electron chi connectivity index (χ1n) is 6.06. The molecule has 0 aromatic carbocycles. The summed E-state index contributed by atoms with van der Waals surface area (Å²) >= 11 is 0. The minimum Gasteiger partial charge on any atom is -0.478 e. The molecular formula is C12H15N3O5. The van der Waals surface area contributed by atoms with Gasteiger partial charge >= 0.3 is 11.7 Å². The molecule has 0 atom stereocenters. The second-order valence-electron chi connectivity index (χ2n) is 5.15. The molecule has 1 fully saturated rings. The van der Waals surface area contributed by atoms with Crippen LogP contribution < -0.4 is 4.90 Å². The predicted octanol–water partition coefficient (Wildman–Crippen LogP) is 1.30. The maximum absolute atomic E-state index is 11.2. The number of nitrogens with zero attached hydrogens (tertiary/aromatic N) is 3. The highest BCUT2D eigenvalue weighted by atomic mass is 16.6. The van der Waals surface area contributed by atoms with Gasteiger partial charge in [0, 0.05) is 18.8 Å². The number of nitro groups is 1. The van der Waals surface area contributed by atoms with Gasteiger partial charge in [-0.25, -0.2) is 9.78 Å². The Morgan fingerprint density at radius 2 is 2.30 bits per heavy atom. The Balaban J connectivity index is 2.50. The van der Waals surface area contributed by atoms with Crippen LogP contribution in [-0.2, 0) is 4.74 Å². The molecule has 1 saturated heterocycles. The summed E-state index contributed by atoms with van der Waals surface area (Å²) in [4.78, 5) is 27.2. The summed E-state index contributed by atoms with van der Waals surface area (Å²) in [6, 6.07) is 1.04. The molecule has 1 aliphatic heterocycles. The molecule has 1 aromatic rings. The fraction of sp³-hybridized carbons (Fsp3) is 0.500. The van der Waals surface area contributed by atoms with Gasteiger partial charge in [-0.1, -0.05) is 0 Å². The van der Waals surface area contributed by atoms with E-state index in [1.54, 1.807) is 4.90 Å². The van der Waals surface area contributed by atoms with Crippen LogP contribution >= 0.6 is 0 Å². The molecule has 0 saturated carbocycles. The zero-order chi connectivity index (χ0) is 14.9. The van der Waals surface area contributed by atoms with Crippen LogP contribution in [0.5, 0.6) is 0 Å². The second-order valence-corrected chi connectivity index (χ2v) is 5.15. The number of rotatable bonds is 3. The molecule has 0 radical (unpaired) electrons. The molecule has 0 unspecified atom stereocenters. The van der Waals surface area contributed by atoms with E-state index in [2.05, 4.69) is 4.98 Å². The first kappa shape index (κ1) is 14.2. The highest BCUT2D eigenvalue weighted by molar-refractivity contribution is 5.88.